The topological polar surface area (TPSA) is 48.8 Å². The van der Waals surface area contributed by atoms with Gasteiger partial charge in [-0.2, -0.15) is 10.2 Å². The first-order valence-electron chi connectivity index (χ1n) is 4.72. The second-order valence-electron chi connectivity index (χ2n) is 2.95. The first kappa shape index (κ1) is 13.0. The summed E-state index contributed by atoms with van der Waals surface area (Å²) in [7, 11) is 0. The fourth-order valence-corrected chi connectivity index (χ4v) is 0.567. The van der Waals surface area contributed by atoms with Crippen molar-refractivity contribution in [2.75, 3.05) is 0 Å². The van der Waals surface area contributed by atoms with Crippen molar-refractivity contribution in [3.05, 3.63) is 0 Å². The maximum Gasteiger partial charge on any atom is 0.207 e. The zero-order chi connectivity index (χ0) is 11.0. The summed E-state index contributed by atoms with van der Waals surface area (Å²) in [5.74, 6) is 0. The molecule has 0 saturated carbocycles. The van der Waals surface area contributed by atoms with Gasteiger partial charge < -0.3 is 0 Å². The molecule has 0 unspecified atom stereocenters. The van der Waals surface area contributed by atoms with Gasteiger partial charge >= 0.3 is 0 Å². The Morgan fingerprint density at radius 2 is 1.36 bits per heavy atom. The number of hydrazone groups is 2. The van der Waals surface area contributed by atoms with Crippen LogP contribution in [0.3, 0.4) is 0 Å². The molecule has 0 rings (SSSR count). The Kier molecular flexibility index (Phi) is 6.92. The summed E-state index contributed by atoms with van der Waals surface area (Å²) in [5, 5.41) is 8.50. The summed E-state index contributed by atoms with van der Waals surface area (Å²) in [6.07, 6.45) is 1.82. The molecule has 0 radical (unpaired) electrons. The van der Waals surface area contributed by atoms with Crippen molar-refractivity contribution in [1.82, 2.24) is 10.9 Å². The molecule has 0 bridgehead atoms. The van der Waals surface area contributed by atoms with Crippen molar-refractivity contribution in [2.24, 2.45) is 10.2 Å². The van der Waals surface area contributed by atoms with Gasteiger partial charge in [0.1, 0.15) is 0 Å². The number of nitrogens with zero attached hydrogens (tertiary/aromatic N) is 2. The van der Waals surface area contributed by atoms with Crippen molar-refractivity contribution in [3.8, 4) is 0 Å². The molecule has 0 aliphatic rings. The standard InChI is InChI=1S/C9H18N4S/c1-5-7(3)10-12-9(14)13-11-8(4)6-2/h5-6H2,1-4H3,(H2,12,13,14). The highest BCUT2D eigenvalue weighted by Crippen LogP contribution is 1.83. The molecule has 0 aliphatic carbocycles. The van der Waals surface area contributed by atoms with Gasteiger partial charge in [-0.3, -0.25) is 10.9 Å². The summed E-state index contributed by atoms with van der Waals surface area (Å²) in [5.41, 5.74) is 7.44. The van der Waals surface area contributed by atoms with Crippen molar-refractivity contribution < 1.29 is 0 Å². The Balaban J connectivity index is 3.88. The number of hydrogen-bond acceptors (Lipinski definition) is 3. The molecule has 0 amide bonds. The molecular weight excluding hydrogens is 196 g/mol. The van der Waals surface area contributed by atoms with Gasteiger partial charge in [-0.15, -0.1) is 0 Å². The third-order valence-corrected chi connectivity index (χ3v) is 1.90. The van der Waals surface area contributed by atoms with Crippen molar-refractivity contribution in [3.63, 3.8) is 0 Å². The lowest BCUT2D eigenvalue weighted by atomic mass is 10.3. The monoisotopic (exact) mass is 214 g/mol. The summed E-state index contributed by atoms with van der Waals surface area (Å²) in [6, 6.07) is 0. The quantitative estimate of drug-likeness (QED) is 0.427. The van der Waals surface area contributed by atoms with E-state index < -0.39 is 0 Å². The number of nitrogens with one attached hydrogen (secondary N) is 2. The first-order chi connectivity index (χ1) is 6.60. The van der Waals surface area contributed by atoms with Crippen LogP contribution in [-0.4, -0.2) is 16.5 Å². The zero-order valence-electron chi connectivity index (χ0n) is 9.22. The zero-order valence-corrected chi connectivity index (χ0v) is 10.0. The molecule has 0 atom stereocenters. The summed E-state index contributed by atoms with van der Waals surface area (Å²) in [6.45, 7) is 7.96. The van der Waals surface area contributed by atoms with Crippen molar-refractivity contribution in [2.45, 2.75) is 40.5 Å². The molecule has 2 N–H and O–H groups in total. The van der Waals surface area contributed by atoms with Gasteiger partial charge in [0.05, 0.1) is 0 Å². The van der Waals surface area contributed by atoms with E-state index in [0.29, 0.717) is 5.11 Å². The van der Waals surface area contributed by atoms with E-state index in [9.17, 15) is 0 Å². The molecule has 0 aromatic heterocycles. The van der Waals surface area contributed by atoms with E-state index in [1.165, 1.54) is 0 Å². The highest BCUT2D eigenvalue weighted by molar-refractivity contribution is 7.80. The van der Waals surface area contributed by atoms with Crippen LogP contribution < -0.4 is 10.9 Å². The van der Waals surface area contributed by atoms with Crippen LogP contribution in [0.15, 0.2) is 10.2 Å². The summed E-state index contributed by atoms with van der Waals surface area (Å²) >= 11 is 4.95. The van der Waals surface area contributed by atoms with Crippen LogP contribution in [0.1, 0.15) is 40.5 Å². The Morgan fingerprint density at radius 1 is 1.00 bits per heavy atom. The average Bonchev–Trinajstić information content (AvgIpc) is 2.22. The Hall–Kier alpha value is -0.970. The molecular formula is C9H18N4S. The van der Waals surface area contributed by atoms with E-state index >= 15 is 0 Å². The Morgan fingerprint density at radius 3 is 1.64 bits per heavy atom. The van der Waals surface area contributed by atoms with Crippen LogP contribution in [0.4, 0.5) is 0 Å². The SMILES string of the molecule is CCC(C)=NNC(=S)NN=C(C)CC. The second kappa shape index (κ2) is 7.44. The lowest BCUT2D eigenvalue weighted by molar-refractivity contribution is 0.913. The van der Waals surface area contributed by atoms with E-state index in [2.05, 4.69) is 21.1 Å². The minimum Gasteiger partial charge on any atom is -0.252 e. The van der Waals surface area contributed by atoms with Crippen LogP contribution in [-0.2, 0) is 0 Å². The number of rotatable bonds is 4. The summed E-state index contributed by atoms with van der Waals surface area (Å²) in [4.78, 5) is 0. The molecule has 0 heterocycles. The summed E-state index contributed by atoms with van der Waals surface area (Å²) < 4.78 is 0. The molecule has 0 spiro atoms. The maximum absolute atomic E-state index is 4.95. The molecule has 80 valence electrons. The maximum atomic E-state index is 4.95. The lowest BCUT2D eigenvalue weighted by Gasteiger charge is -2.03. The molecule has 0 aromatic carbocycles. The molecule has 0 aliphatic heterocycles. The van der Waals surface area contributed by atoms with Crippen LogP contribution in [0.25, 0.3) is 0 Å². The number of thiocarbonyl (C=S) groups is 1. The van der Waals surface area contributed by atoms with E-state index in [-0.39, 0.29) is 0 Å². The molecule has 0 fully saturated rings. The van der Waals surface area contributed by atoms with Crippen LogP contribution in [0.5, 0.6) is 0 Å². The van der Waals surface area contributed by atoms with Gasteiger partial charge in [-0.1, -0.05) is 13.8 Å². The van der Waals surface area contributed by atoms with Crippen LogP contribution in [0.2, 0.25) is 0 Å². The minimum atomic E-state index is 0.422. The minimum absolute atomic E-state index is 0.422. The van der Waals surface area contributed by atoms with Crippen molar-refractivity contribution in [1.29, 1.82) is 0 Å². The third-order valence-electron chi connectivity index (χ3n) is 1.72. The largest absolute Gasteiger partial charge is 0.252 e. The molecule has 14 heavy (non-hydrogen) atoms. The van der Waals surface area contributed by atoms with Gasteiger partial charge in [0.15, 0.2) is 0 Å². The predicted molar refractivity (Wildman–Crippen MR) is 65.7 cm³/mol. The smallest absolute Gasteiger partial charge is 0.207 e. The van der Waals surface area contributed by atoms with Gasteiger partial charge in [-0.25, -0.2) is 0 Å². The molecule has 0 aromatic rings. The fraction of sp³-hybridized carbons (Fsp3) is 0.667. The highest BCUT2D eigenvalue weighted by Gasteiger charge is 1.91. The van der Waals surface area contributed by atoms with E-state index in [1.807, 2.05) is 27.7 Å². The Labute approximate surface area is 90.8 Å². The third kappa shape index (κ3) is 6.54. The fourth-order valence-electron chi connectivity index (χ4n) is 0.476. The second-order valence-corrected chi connectivity index (χ2v) is 3.36. The normalized spacial score (nSPS) is 12.6. The first-order valence-corrected chi connectivity index (χ1v) is 5.13. The van der Waals surface area contributed by atoms with E-state index in [0.717, 1.165) is 24.3 Å². The molecule has 4 nitrogen and oxygen atoms in total. The van der Waals surface area contributed by atoms with E-state index in [1.54, 1.807) is 0 Å². The van der Waals surface area contributed by atoms with Crippen molar-refractivity contribution >= 4 is 28.8 Å². The lowest BCUT2D eigenvalue weighted by Crippen LogP contribution is -2.29. The van der Waals surface area contributed by atoms with Gasteiger partial charge in [-0.05, 0) is 38.9 Å². The highest BCUT2D eigenvalue weighted by atomic mass is 32.1. The van der Waals surface area contributed by atoms with Crippen LogP contribution in [0, 0.1) is 0 Å². The van der Waals surface area contributed by atoms with Crippen LogP contribution >= 0.6 is 12.2 Å². The predicted octanol–water partition coefficient (Wildman–Crippen LogP) is 2.02. The molecule has 0 saturated heterocycles. The van der Waals surface area contributed by atoms with Gasteiger partial charge in [0.25, 0.3) is 0 Å². The van der Waals surface area contributed by atoms with Gasteiger partial charge in [0, 0.05) is 11.4 Å². The Bertz CT molecular complexity index is 221. The van der Waals surface area contributed by atoms with E-state index in [4.69, 9.17) is 12.2 Å². The average molecular weight is 214 g/mol. The molecule has 5 heteroatoms. The van der Waals surface area contributed by atoms with Gasteiger partial charge in [0.2, 0.25) is 5.11 Å². The number of hydrogen-bond donors (Lipinski definition) is 2.